The van der Waals surface area contributed by atoms with Crippen LogP contribution in [-0.4, -0.2) is 41.3 Å². The van der Waals surface area contributed by atoms with E-state index in [1.165, 1.54) is 5.69 Å². The van der Waals surface area contributed by atoms with Crippen molar-refractivity contribution in [2.45, 2.75) is 0 Å². The number of anilines is 5. The molecule has 1 saturated heterocycles. The number of morpholine rings is 1. The maximum Gasteiger partial charge on any atom is 0.229 e. The van der Waals surface area contributed by atoms with Gasteiger partial charge in [-0.15, -0.1) is 0 Å². The largest absolute Gasteiger partial charge is 0.378 e. The van der Waals surface area contributed by atoms with E-state index < -0.39 is 0 Å². The van der Waals surface area contributed by atoms with Gasteiger partial charge in [0.15, 0.2) is 0 Å². The monoisotopic (exact) mass is 398 g/mol. The number of hydrogen-bond donors (Lipinski definition) is 2. The van der Waals surface area contributed by atoms with Gasteiger partial charge in [0.25, 0.3) is 0 Å². The number of pyridine rings is 1. The number of aromatic nitrogens is 3. The van der Waals surface area contributed by atoms with Crippen LogP contribution in [0.15, 0.2) is 73.1 Å². The molecule has 0 aliphatic carbocycles. The maximum absolute atomic E-state index is 5.42. The van der Waals surface area contributed by atoms with E-state index in [2.05, 4.69) is 54.8 Å². The first-order chi connectivity index (χ1) is 14.8. The lowest BCUT2D eigenvalue weighted by molar-refractivity contribution is 0.122. The van der Waals surface area contributed by atoms with Gasteiger partial charge < -0.3 is 20.3 Å². The molecule has 0 unspecified atom stereocenters. The average molecular weight is 398 g/mol. The van der Waals surface area contributed by atoms with E-state index in [-0.39, 0.29) is 0 Å². The predicted molar refractivity (Wildman–Crippen MR) is 120 cm³/mol. The van der Waals surface area contributed by atoms with Crippen LogP contribution < -0.4 is 15.5 Å². The topological polar surface area (TPSA) is 75.2 Å². The zero-order chi connectivity index (χ0) is 20.2. The summed E-state index contributed by atoms with van der Waals surface area (Å²) >= 11 is 0. The average Bonchev–Trinajstić information content (AvgIpc) is 2.80. The summed E-state index contributed by atoms with van der Waals surface area (Å²) < 4.78 is 5.42. The Hall–Kier alpha value is -3.71. The molecule has 3 heterocycles. The first kappa shape index (κ1) is 18.3. The van der Waals surface area contributed by atoms with Crippen LogP contribution >= 0.6 is 0 Å². The van der Waals surface area contributed by atoms with Gasteiger partial charge in [0, 0.05) is 47.9 Å². The van der Waals surface area contributed by atoms with Crippen LogP contribution in [-0.2, 0) is 4.74 Å². The smallest absolute Gasteiger partial charge is 0.229 e. The van der Waals surface area contributed by atoms with Gasteiger partial charge in [-0.25, -0.2) is 4.98 Å². The molecule has 5 rings (SSSR count). The van der Waals surface area contributed by atoms with Crippen LogP contribution in [0.4, 0.5) is 28.8 Å². The van der Waals surface area contributed by atoms with Crippen LogP contribution in [0.2, 0.25) is 0 Å². The number of fused-ring (bicyclic) bond motifs is 1. The van der Waals surface area contributed by atoms with Crippen LogP contribution in [0.3, 0.4) is 0 Å². The Kier molecular flexibility index (Phi) is 5.10. The van der Waals surface area contributed by atoms with Crippen molar-refractivity contribution in [1.82, 2.24) is 15.0 Å². The first-order valence-electron chi connectivity index (χ1n) is 9.98. The van der Waals surface area contributed by atoms with Crippen molar-refractivity contribution in [3.8, 4) is 0 Å². The second-order valence-corrected chi connectivity index (χ2v) is 7.07. The van der Waals surface area contributed by atoms with Crippen LogP contribution in [0.25, 0.3) is 10.9 Å². The zero-order valence-corrected chi connectivity index (χ0v) is 16.5. The highest BCUT2D eigenvalue weighted by Crippen LogP contribution is 2.23. The molecule has 0 bridgehead atoms. The molecule has 0 amide bonds. The molecule has 1 aliphatic heterocycles. The molecular formula is C23H22N6O. The Labute approximate surface area is 174 Å². The van der Waals surface area contributed by atoms with E-state index in [0.717, 1.165) is 54.4 Å². The highest BCUT2D eigenvalue weighted by Gasteiger charge is 2.11. The van der Waals surface area contributed by atoms with Gasteiger partial charge in [-0.05, 0) is 54.6 Å². The third kappa shape index (κ3) is 4.16. The normalized spacial score (nSPS) is 13.9. The molecule has 2 N–H and O–H groups in total. The third-order valence-electron chi connectivity index (χ3n) is 5.03. The van der Waals surface area contributed by atoms with E-state index in [1.54, 1.807) is 12.4 Å². The Morgan fingerprint density at radius 2 is 1.63 bits per heavy atom. The number of benzene rings is 2. The Morgan fingerprint density at radius 3 is 2.50 bits per heavy atom. The van der Waals surface area contributed by atoms with Crippen LogP contribution in [0.5, 0.6) is 0 Å². The number of hydrogen-bond acceptors (Lipinski definition) is 7. The zero-order valence-electron chi connectivity index (χ0n) is 16.5. The summed E-state index contributed by atoms with van der Waals surface area (Å²) in [6.45, 7) is 3.42. The molecule has 1 aliphatic rings. The van der Waals surface area contributed by atoms with Crippen molar-refractivity contribution in [3.63, 3.8) is 0 Å². The second kappa shape index (κ2) is 8.34. The standard InChI is InChI=1S/C23H22N6O/c1-2-17-16-19(5-8-21(17)24-10-1)27-23-25-11-9-22(28-23)26-18-3-6-20(7-4-18)29-12-14-30-15-13-29/h1-11,16H,12-15H2,(H2,25,26,27,28). The van der Waals surface area contributed by atoms with Gasteiger partial charge in [0.1, 0.15) is 5.82 Å². The summed E-state index contributed by atoms with van der Waals surface area (Å²) in [7, 11) is 0. The maximum atomic E-state index is 5.42. The molecular weight excluding hydrogens is 376 g/mol. The number of ether oxygens (including phenoxy) is 1. The van der Waals surface area contributed by atoms with E-state index in [4.69, 9.17) is 4.74 Å². The van der Waals surface area contributed by atoms with Crippen molar-refractivity contribution in [2.24, 2.45) is 0 Å². The van der Waals surface area contributed by atoms with Gasteiger partial charge in [0.05, 0.1) is 18.7 Å². The lowest BCUT2D eigenvalue weighted by Gasteiger charge is -2.28. The quantitative estimate of drug-likeness (QED) is 0.518. The van der Waals surface area contributed by atoms with E-state index in [1.807, 2.05) is 36.4 Å². The van der Waals surface area contributed by atoms with Crippen LogP contribution in [0, 0.1) is 0 Å². The lowest BCUT2D eigenvalue weighted by Crippen LogP contribution is -2.36. The summed E-state index contributed by atoms with van der Waals surface area (Å²) in [5.41, 5.74) is 4.07. The highest BCUT2D eigenvalue weighted by atomic mass is 16.5. The van der Waals surface area contributed by atoms with Crippen LogP contribution in [0.1, 0.15) is 0 Å². The fourth-order valence-corrected chi connectivity index (χ4v) is 3.50. The predicted octanol–water partition coefficient (Wildman–Crippen LogP) is 4.35. The van der Waals surface area contributed by atoms with E-state index in [9.17, 15) is 0 Å². The molecule has 0 atom stereocenters. The SMILES string of the molecule is c1cnc2ccc(Nc3nccc(Nc4ccc(N5CCOCC5)cc4)n3)cc2c1. The third-order valence-corrected chi connectivity index (χ3v) is 5.03. The molecule has 0 saturated carbocycles. The molecule has 1 fully saturated rings. The van der Waals surface area contributed by atoms with E-state index >= 15 is 0 Å². The molecule has 7 heteroatoms. The van der Waals surface area contributed by atoms with Crippen molar-refractivity contribution in [1.29, 1.82) is 0 Å². The molecule has 2 aromatic carbocycles. The van der Waals surface area contributed by atoms with Crippen molar-refractivity contribution >= 4 is 39.7 Å². The number of rotatable bonds is 5. The lowest BCUT2D eigenvalue weighted by atomic mass is 10.2. The van der Waals surface area contributed by atoms with Gasteiger partial charge in [-0.2, -0.15) is 4.98 Å². The fraction of sp³-hybridized carbons (Fsp3) is 0.174. The second-order valence-electron chi connectivity index (χ2n) is 7.07. The Bertz CT molecular complexity index is 1140. The minimum Gasteiger partial charge on any atom is -0.378 e. The first-order valence-corrected chi connectivity index (χ1v) is 9.98. The Balaban J connectivity index is 1.28. The fourth-order valence-electron chi connectivity index (χ4n) is 3.50. The van der Waals surface area contributed by atoms with Crippen molar-refractivity contribution in [2.75, 3.05) is 41.8 Å². The van der Waals surface area contributed by atoms with Crippen molar-refractivity contribution in [3.05, 3.63) is 73.1 Å². The minimum absolute atomic E-state index is 0.535. The molecule has 0 radical (unpaired) electrons. The number of nitrogens with zero attached hydrogens (tertiary/aromatic N) is 4. The van der Waals surface area contributed by atoms with Gasteiger partial charge in [0.2, 0.25) is 5.95 Å². The van der Waals surface area contributed by atoms with Gasteiger partial charge in [-0.1, -0.05) is 6.07 Å². The highest BCUT2D eigenvalue weighted by molar-refractivity contribution is 5.82. The van der Waals surface area contributed by atoms with E-state index in [0.29, 0.717) is 5.95 Å². The molecule has 150 valence electrons. The molecule has 7 nitrogen and oxygen atoms in total. The summed E-state index contributed by atoms with van der Waals surface area (Å²) in [5.74, 6) is 1.27. The molecule has 2 aromatic heterocycles. The molecule has 0 spiro atoms. The van der Waals surface area contributed by atoms with Gasteiger partial charge in [-0.3, -0.25) is 4.98 Å². The summed E-state index contributed by atoms with van der Waals surface area (Å²) in [4.78, 5) is 15.6. The number of nitrogens with one attached hydrogen (secondary N) is 2. The summed E-state index contributed by atoms with van der Waals surface area (Å²) in [6, 6.07) is 20.2. The molecule has 4 aromatic rings. The summed E-state index contributed by atoms with van der Waals surface area (Å²) in [5, 5.41) is 7.68. The van der Waals surface area contributed by atoms with Gasteiger partial charge >= 0.3 is 0 Å². The minimum atomic E-state index is 0.535. The Morgan fingerprint density at radius 1 is 0.800 bits per heavy atom. The molecule has 30 heavy (non-hydrogen) atoms. The summed E-state index contributed by atoms with van der Waals surface area (Å²) in [6.07, 6.45) is 3.53. The van der Waals surface area contributed by atoms with Crippen molar-refractivity contribution < 1.29 is 4.74 Å².